The van der Waals surface area contributed by atoms with Gasteiger partial charge < -0.3 is 15.4 Å². The van der Waals surface area contributed by atoms with Gasteiger partial charge in [0.05, 0.1) is 0 Å². The van der Waals surface area contributed by atoms with Crippen LogP contribution in [0.3, 0.4) is 0 Å². The van der Waals surface area contributed by atoms with Crippen molar-refractivity contribution in [2.45, 2.75) is 45.1 Å². The first-order chi connectivity index (χ1) is 8.54. The minimum absolute atomic E-state index is 0.117. The molecule has 1 aliphatic rings. The van der Waals surface area contributed by atoms with Crippen LogP contribution in [0.25, 0.3) is 0 Å². The fraction of sp³-hybridized carbons (Fsp3) is 0.833. The number of carbonyl (C=O) groups is 1. The van der Waals surface area contributed by atoms with E-state index >= 15 is 0 Å². The Morgan fingerprint density at radius 3 is 2.16 bits per heavy atom. The Morgan fingerprint density at radius 1 is 1.32 bits per heavy atom. The van der Waals surface area contributed by atoms with E-state index in [-0.39, 0.29) is 25.9 Å². The van der Waals surface area contributed by atoms with Gasteiger partial charge in [0, 0.05) is 19.0 Å². The molecule has 0 atom stereocenters. The van der Waals surface area contributed by atoms with Crippen LogP contribution in [-0.2, 0) is 4.74 Å². The number of likely N-dealkylation sites (tertiary alicyclic amines) is 1. The first kappa shape index (κ1) is 15.7. The average molecular weight is 277 g/mol. The summed E-state index contributed by atoms with van der Waals surface area (Å²) in [5, 5.41) is 6.91. The maximum atomic E-state index is 13.5. The summed E-state index contributed by atoms with van der Waals surface area (Å²) in [5.41, 5.74) is 4.31. The highest BCUT2D eigenvalue weighted by Crippen LogP contribution is 2.33. The van der Waals surface area contributed by atoms with E-state index in [1.165, 1.54) is 4.90 Å². The Balaban J connectivity index is 2.54. The molecule has 7 heteroatoms. The number of alkyl halides is 2. The molecule has 1 aliphatic heterocycles. The third-order valence-electron chi connectivity index (χ3n) is 3.02. The number of hydrogen-bond acceptors (Lipinski definition) is 3. The van der Waals surface area contributed by atoms with E-state index in [0.29, 0.717) is 0 Å². The van der Waals surface area contributed by atoms with Crippen LogP contribution in [-0.4, -0.2) is 41.4 Å². The van der Waals surface area contributed by atoms with Crippen LogP contribution < -0.4 is 5.73 Å². The highest BCUT2D eigenvalue weighted by atomic mass is 19.3. The van der Waals surface area contributed by atoms with Gasteiger partial charge in [-0.3, -0.25) is 5.41 Å². The number of nitrogens with zero attached hydrogens (tertiary/aromatic N) is 1. The fourth-order valence-corrected chi connectivity index (χ4v) is 1.97. The van der Waals surface area contributed by atoms with E-state index in [9.17, 15) is 13.6 Å². The Hall–Kier alpha value is -1.40. The molecule has 19 heavy (non-hydrogen) atoms. The molecule has 0 radical (unpaired) electrons. The zero-order valence-corrected chi connectivity index (χ0v) is 11.5. The van der Waals surface area contributed by atoms with E-state index in [4.69, 9.17) is 15.9 Å². The van der Waals surface area contributed by atoms with Crippen LogP contribution in [0, 0.1) is 11.3 Å². The summed E-state index contributed by atoms with van der Waals surface area (Å²) in [6.07, 6.45) is -0.255. The van der Waals surface area contributed by atoms with E-state index in [1.54, 1.807) is 20.8 Å². The van der Waals surface area contributed by atoms with Gasteiger partial charge in [-0.2, -0.15) is 8.78 Å². The highest BCUT2D eigenvalue weighted by Gasteiger charge is 2.44. The summed E-state index contributed by atoms with van der Waals surface area (Å²) in [7, 11) is 0. The second-order valence-electron chi connectivity index (χ2n) is 5.78. The van der Waals surface area contributed by atoms with Crippen molar-refractivity contribution in [2.75, 3.05) is 13.1 Å². The number of carbonyl (C=O) groups excluding carboxylic acids is 1. The highest BCUT2D eigenvalue weighted by molar-refractivity contribution is 5.84. The van der Waals surface area contributed by atoms with Gasteiger partial charge in [-0.25, -0.2) is 4.79 Å². The Labute approximate surface area is 111 Å². The molecule has 0 aliphatic carbocycles. The van der Waals surface area contributed by atoms with Gasteiger partial charge in [0.25, 0.3) is 0 Å². The van der Waals surface area contributed by atoms with Crippen LogP contribution in [0.2, 0.25) is 0 Å². The number of hydrogen-bond donors (Lipinski definition) is 2. The summed E-state index contributed by atoms with van der Waals surface area (Å²) < 4.78 is 32.3. The van der Waals surface area contributed by atoms with Crippen LogP contribution in [0.4, 0.5) is 13.6 Å². The Kier molecular flexibility index (Phi) is 4.37. The quantitative estimate of drug-likeness (QED) is 0.600. The molecular formula is C12H21F2N3O2. The van der Waals surface area contributed by atoms with Gasteiger partial charge in [0.1, 0.15) is 5.60 Å². The van der Waals surface area contributed by atoms with Crippen molar-refractivity contribution in [3.63, 3.8) is 0 Å². The topological polar surface area (TPSA) is 79.4 Å². The summed E-state index contributed by atoms with van der Waals surface area (Å²) in [5.74, 6) is -5.38. The van der Waals surface area contributed by atoms with Crippen molar-refractivity contribution < 1.29 is 18.3 Å². The minimum atomic E-state index is -3.29. The number of amides is 1. The van der Waals surface area contributed by atoms with E-state index < -0.39 is 29.4 Å². The molecule has 0 aromatic carbocycles. The maximum absolute atomic E-state index is 13.5. The van der Waals surface area contributed by atoms with Crippen LogP contribution in [0.1, 0.15) is 33.6 Å². The molecule has 0 spiro atoms. The number of amidine groups is 1. The SMILES string of the molecule is CC(C)(C)OC(=O)N1CCC(C(F)(F)C(=N)N)CC1. The molecule has 1 amide bonds. The van der Waals surface area contributed by atoms with E-state index in [1.807, 2.05) is 0 Å². The number of nitrogens with one attached hydrogen (secondary N) is 1. The van der Waals surface area contributed by atoms with E-state index in [2.05, 4.69) is 0 Å². The summed E-state index contributed by atoms with van der Waals surface area (Å²) in [4.78, 5) is 13.2. The molecular weight excluding hydrogens is 256 g/mol. The lowest BCUT2D eigenvalue weighted by Crippen LogP contribution is -2.49. The third-order valence-corrected chi connectivity index (χ3v) is 3.02. The van der Waals surface area contributed by atoms with Gasteiger partial charge >= 0.3 is 12.0 Å². The molecule has 3 N–H and O–H groups in total. The molecule has 1 heterocycles. The van der Waals surface area contributed by atoms with Crippen LogP contribution in [0.15, 0.2) is 0 Å². The standard InChI is InChI=1S/C12H21F2N3O2/c1-11(2,3)19-10(18)17-6-4-8(5-7-17)12(13,14)9(15)16/h8H,4-7H2,1-3H3,(H3,15,16). The van der Waals surface area contributed by atoms with Crippen molar-refractivity contribution in [3.8, 4) is 0 Å². The average Bonchev–Trinajstić information content (AvgIpc) is 2.26. The second kappa shape index (κ2) is 5.30. The lowest BCUT2D eigenvalue weighted by molar-refractivity contribution is -0.0276. The van der Waals surface area contributed by atoms with Crippen molar-refractivity contribution in [1.29, 1.82) is 5.41 Å². The third kappa shape index (κ3) is 4.04. The van der Waals surface area contributed by atoms with Crippen LogP contribution >= 0.6 is 0 Å². The lowest BCUT2D eigenvalue weighted by Gasteiger charge is -2.36. The van der Waals surface area contributed by atoms with Gasteiger partial charge in [-0.05, 0) is 33.6 Å². The smallest absolute Gasteiger partial charge is 0.410 e. The lowest BCUT2D eigenvalue weighted by atomic mass is 9.90. The van der Waals surface area contributed by atoms with Crippen LogP contribution in [0.5, 0.6) is 0 Å². The molecule has 0 bridgehead atoms. The molecule has 0 aromatic rings. The zero-order chi connectivity index (χ0) is 14.8. The number of rotatable bonds is 2. The van der Waals surface area contributed by atoms with Crippen molar-refractivity contribution >= 4 is 11.9 Å². The largest absolute Gasteiger partial charge is 0.444 e. The number of ether oxygens (including phenoxy) is 1. The number of piperidine rings is 1. The van der Waals surface area contributed by atoms with Crippen molar-refractivity contribution in [1.82, 2.24) is 4.90 Å². The second-order valence-corrected chi connectivity index (χ2v) is 5.78. The molecule has 1 fully saturated rings. The molecule has 1 rings (SSSR count). The first-order valence-corrected chi connectivity index (χ1v) is 6.24. The van der Waals surface area contributed by atoms with Gasteiger partial charge in [0.2, 0.25) is 0 Å². The Morgan fingerprint density at radius 2 is 1.79 bits per heavy atom. The maximum Gasteiger partial charge on any atom is 0.410 e. The molecule has 0 saturated carbocycles. The molecule has 110 valence electrons. The summed E-state index contributed by atoms with van der Waals surface area (Å²) in [6, 6.07) is 0. The predicted molar refractivity (Wildman–Crippen MR) is 67.4 cm³/mol. The first-order valence-electron chi connectivity index (χ1n) is 6.24. The van der Waals surface area contributed by atoms with Crippen molar-refractivity contribution in [2.24, 2.45) is 11.7 Å². The summed E-state index contributed by atoms with van der Waals surface area (Å²) in [6.45, 7) is 5.65. The van der Waals surface area contributed by atoms with E-state index in [0.717, 1.165) is 0 Å². The van der Waals surface area contributed by atoms with Gasteiger partial charge in [-0.15, -0.1) is 0 Å². The van der Waals surface area contributed by atoms with Gasteiger partial charge in [-0.1, -0.05) is 0 Å². The number of halogens is 2. The fourth-order valence-electron chi connectivity index (χ4n) is 1.97. The minimum Gasteiger partial charge on any atom is -0.444 e. The van der Waals surface area contributed by atoms with Gasteiger partial charge in [0.15, 0.2) is 5.84 Å². The molecule has 0 unspecified atom stereocenters. The predicted octanol–water partition coefficient (Wildman–Crippen LogP) is 2.20. The molecule has 0 aromatic heterocycles. The van der Waals surface area contributed by atoms with Crippen molar-refractivity contribution in [3.05, 3.63) is 0 Å². The molecule has 1 saturated heterocycles. The normalized spacial score (nSPS) is 18.3. The molecule has 5 nitrogen and oxygen atoms in total. The summed E-state index contributed by atoms with van der Waals surface area (Å²) >= 11 is 0. The Bertz CT molecular complexity index is 358. The zero-order valence-electron chi connectivity index (χ0n) is 11.5. The number of nitrogens with two attached hydrogens (primary N) is 1. The monoisotopic (exact) mass is 277 g/mol.